The van der Waals surface area contributed by atoms with E-state index < -0.39 is 12.0 Å². The Morgan fingerprint density at radius 2 is 2.03 bits per heavy atom. The second kappa shape index (κ2) is 9.38. The molecule has 1 saturated heterocycles. The van der Waals surface area contributed by atoms with Gasteiger partial charge in [0.25, 0.3) is 0 Å². The van der Waals surface area contributed by atoms with Crippen molar-refractivity contribution >= 4 is 46.7 Å². The molecule has 176 valence electrons. The van der Waals surface area contributed by atoms with E-state index in [1.807, 2.05) is 18.0 Å². The molecule has 5 nitrogen and oxygen atoms in total. The molecule has 2 aliphatic rings. The van der Waals surface area contributed by atoms with Gasteiger partial charge in [-0.05, 0) is 55.2 Å². The number of nitrogens with two attached hydrogens (primary N) is 1. The standard InChI is InChI=1S/C25H22Cl2FN3O2S/c1-31(25-22(33-25)21-18(27)3-2-4-19(21)28)24-20(34-12-13-5-6-13)10-15(11-30-24)16-9-14(23(29)32)7-8-17(16)26/h2-4,7-11,13,22,25H,5-6,12H2,1H3,(H2,29,32). The Bertz CT molecular complexity index is 1250. The first kappa shape index (κ1) is 23.4. The highest BCUT2D eigenvalue weighted by Crippen LogP contribution is 2.47. The van der Waals surface area contributed by atoms with E-state index in [1.54, 1.807) is 48.3 Å². The van der Waals surface area contributed by atoms with E-state index in [0.29, 0.717) is 32.7 Å². The summed E-state index contributed by atoms with van der Waals surface area (Å²) in [6.45, 7) is 0. The van der Waals surface area contributed by atoms with E-state index in [-0.39, 0.29) is 12.0 Å². The number of amides is 1. The second-order valence-electron chi connectivity index (χ2n) is 8.55. The van der Waals surface area contributed by atoms with Crippen LogP contribution in [-0.4, -0.2) is 29.9 Å². The molecule has 2 unspecified atom stereocenters. The number of likely N-dealkylation sites (N-methyl/N-ethyl adjacent to an activating group) is 1. The van der Waals surface area contributed by atoms with Gasteiger partial charge in [-0.15, -0.1) is 11.8 Å². The van der Waals surface area contributed by atoms with Crippen molar-refractivity contribution in [1.82, 2.24) is 4.98 Å². The summed E-state index contributed by atoms with van der Waals surface area (Å²) in [7, 11) is 1.88. The number of halogens is 3. The molecular formula is C25H22Cl2FN3O2S. The summed E-state index contributed by atoms with van der Waals surface area (Å²) in [4.78, 5) is 19.3. The number of benzene rings is 2. The molecule has 9 heteroatoms. The highest BCUT2D eigenvalue weighted by molar-refractivity contribution is 7.99. The van der Waals surface area contributed by atoms with Crippen molar-refractivity contribution in [1.29, 1.82) is 0 Å². The summed E-state index contributed by atoms with van der Waals surface area (Å²) in [5, 5.41) is 0.849. The van der Waals surface area contributed by atoms with Crippen LogP contribution in [0.4, 0.5) is 10.2 Å². The first-order valence-electron chi connectivity index (χ1n) is 10.9. The van der Waals surface area contributed by atoms with Gasteiger partial charge >= 0.3 is 0 Å². The number of carbonyl (C=O) groups is 1. The van der Waals surface area contributed by atoms with E-state index in [1.165, 1.54) is 18.9 Å². The Labute approximate surface area is 211 Å². The number of epoxide rings is 1. The molecule has 1 aromatic heterocycles. The van der Waals surface area contributed by atoms with Gasteiger partial charge in [-0.3, -0.25) is 4.79 Å². The van der Waals surface area contributed by atoms with Crippen LogP contribution in [0.25, 0.3) is 11.1 Å². The minimum atomic E-state index is -0.519. The van der Waals surface area contributed by atoms with Crippen LogP contribution in [0.3, 0.4) is 0 Å². The van der Waals surface area contributed by atoms with E-state index >= 15 is 0 Å². The number of aromatic nitrogens is 1. The maximum atomic E-state index is 14.4. The van der Waals surface area contributed by atoms with E-state index in [9.17, 15) is 9.18 Å². The lowest BCUT2D eigenvalue weighted by Crippen LogP contribution is -2.23. The monoisotopic (exact) mass is 517 g/mol. The van der Waals surface area contributed by atoms with Crippen molar-refractivity contribution in [2.75, 3.05) is 17.7 Å². The fourth-order valence-corrected chi connectivity index (χ4v) is 5.64. The number of thioether (sulfide) groups is 1. The summed E-state index contributed by atoms with van der Waals surface area (Å²) in [5.41, 5.74) is 7.67. The topological polar surface area (TPSA) is 71.8 Å². The second-order valence-corrected chi connectivity index (χ2v) is 10.4. The molecule has 2 heterocycles. The third-order valence-electron chi connectivity index (χ3n) is 6.03. The SMILES string of the molecule is CN(c1ncc(-c2cc(C(N)=O)ccc2Cl)cc1SCC1CC1)C1OC1c1c(F)cccc1Cl. The molecule has 34 heavy (non-hydrogen) atoms. The Hall–Kier alpha value is -2.32. The predicted octanol–water partition coefficient (Wildman–Crippen LogP) is 6.33. The Morgan fingerprint density at radius 3 is 2.74 bits per heavy atom. The van der Waals surface area contributed by atoms with Gasteiger partial charge in [0.15, 0.2) is 6.23 Å². The summed E-state index contributed by atoms with van der Waals surface area (Å²) in [5.74, 6) is 1.51. The molecule has 0 radical (unpaired) electrons. The minimum Gasteiger partial charge on any atom is -0.366 e. The molecule has 2 atom stereocenters. The third-order valence-corrected chi connectivity index (χ3v) is 7.94. The Kier molecular flexibility index (Phi) is 6.46. The lowest BCUT2D eigenvalue weighted by molar-refractivity contribution is 0.100. The van der Waals surface area contributed by atoms with Gasteiger partial charge in [0.1, 0.15) is 17.7 Å². The zero-order chi connectivity index (χ0) is 24.0. The fourth-order valence-electron chi connectivity index (χ4n) is 3.86. The molecule has 1 saturated carbocycles. The van der Waals surface area contributed by atoms with Gasteiger partial charge in [-0.2, -0.15) is 0 Å². The average Bonchev–Trinajstić information content (AvgIpc) is 3.73. The van der Waals surface area contributed by atoms with Crippen molar-refractivity contribution in [2.24, 2.45) is 11.7 Å². The predicted molar refractivity (Wildman–Crippen MR) is 134 cm³/mol. The average molecular weight is 518 g/mol. The lowest BCUT2D eigenvalue weighted by Gasteiger charge is -2.20. The molecule has 0 spiro atoms. The minimum absolute atomic E-state index is 0.344. The van der Waals surface area contributed by atoms with Gasteiger partial charge in [-0.1, -0.05) is 29.3 Å². The number of rotatable bonds is 8. The zero-order valence-corrected chi connectivity index (χ0v) is 20.6. The van der Waals surface area contributed by atoms with Crippen LogP contribution in [0, 0.1) is 11.7 Å². The Morgan fingerprint density at radius 1 is 1.24 bits per heavy atom. The van der Waals surface area contributed by atoms with Gasteiger partial charge in [0.05, 0.1) is 4.90 Å². The van der Waals surface area contributed by atoms with Crippen LogP contribution in [-0.2, 0) is 4.74 Å². The highest BCUT2D eigenvalue weighted by atomic mass is 35.5. The van der Waals surface area contributed by atoms with E-state index in [0.717, 1.165) is 22.0 Å². The van der Waals surface area contributed by atoms with Crippen LogP contribution in [0.15, 0.2) is 53.6 Å². The largest absolute Gasteiger partial charge is 0.366 e. The summed E-state index contributed by atoms with van der Waals surface area (Å²) in [6.07, 6.45) is 3.33. The van der Waals surface area contributed by atoms with Gasteiger partial charge in [-0.25, -0.2) is 9.37 Å². The third kappa shape index (κ3) is 4.75. The maximum absolute atomic E-state index is 14.4. The van der Waals surface area contributed by atoms with Crippen molar-refractivity contribution in [3.63, 3.8) is 0 Å². The molecule has 1 aliphatic heterocycles. The number of hydrogen-bond donors (Lipinski definition) is 1. The van der Waals surface area contributed by atoms with Crippen molar-refractivity contribution in [3.05, 3.63) is 75.7 Å². The number of hydrogen-bond acceptors (Lipinski definition) is 5. The summed E-state index contributed by atoms with van der Waals surface area (Å²) >= 11 is 14.4. The smallest absolute Gasteiger partial charge is 0.248 e. The first-order valence-corrected chi connectivity index (χ1v) is 12.6. The number of anilines is 1. The van der Waals surface area contributed by atoms with Gasteiger partial charge < -0.3 is 15.4 Å². The van der Waals surface area contributed by atoms with Crippen LogP contribution < -0.4 is 10.6 Å². The molecule has 2 N–H and O–H groups in total. The summed E-state index contributed by atoms with van der Waals surface area (Å²) in [6, 6.07) is 11.6. The van der Waals surface area contributed by atoms with Gasteiger partial charge in [0, 0.05) is 51.3 Å². The molecule has 5 rings (SSSR count). The van der Waals surface area contributed by atoms with Crippen LogP contribution in [0.2, 0.25) is 10.0 Å². The van der Waals surface area contributed by atoms with Crippen LogP contribution >= 0.6 is 35.0 Å². The number of carbonyl (C=O) groups excluding carboxylic acids is 1. The van der Waals surface area contributed by atoms with E-state index in [2.05, 4.69) is 0 Å². The molecule has 3 aromatic rings. The Balaban J connectivity index is 1.46. The number of ether oxygens (including phenoxy) is 1. The van der Waals surface area contributed by atoms with Crippen molar-refractivity contribution < 1.29 is 13.9 Å². The molecule has 1 aliphatic carbocycles. The maximum Gasteiger partial charge on any atom is 0.248 e. The van der Waals surface area contributed by atoms with Crippen molar-refractivity contribution in [2.45, 2.75) is 30.1 Å². The number of primary amides is 1. The highest BCUT2D eigenvalue weighted by Gasteiger charge is 2.47. The molecule has 2 fully saturated rings. The normalized spacial score (nSPS) is 19.2. The number of nitrogens with zero attached hydrogens (tertiary/aromatic N) is 2. The van der Waals surface area contributed by atoms with Gasteiger partial charge in [0.2, 0.25) is 5.91 Å². The lowest BCUT2D eigenvalue weighted by atomic mass is 10.0. The van der Waals surface area contributed by atoms with Crippen molar-refractivity contribution in [3.8, 4) is 11.1 Å². The fraction of sp³-hybridized carbons (Fsp3) is 0.280. The molecular weight excluding hydrogens is 496 g/mol. The molecule has 2 aromatic carbocycles. The number of pyridine rings is 1. The quantitative estimate of drug-likeness (QED) is 0.279. The van der Waals surface area contributed by atoms with Crippen LogP contribution in [0.1, 0.15) is 34.9 Å². The molecule has 0 bridgehead atoms. The summed E-state index contributed by atoms with van der Waals surface area (Å²) < 4.78 is 20.2. The van der Waals surface area contributed by atoms with Crippen LogP contribution in [0.5, 0.6) is 0 Å². The van der Waals surface area contributed by atoms with E-state index in [4.69, 9.17) is 38.7 Å². The first-order chi connectivity index (χ1) is 16.3. The zero-order valence-electron chi connectivity index (χ0n) is 18.3. The molecule has 1 amide bonds.